The van der Waals surface area contributed by atoms with Crippen LogP contribution in [0.4, 0.5) is 5.69 Å². The maximum Gasteiger partial charge on any atom is 0.184 e. The number of ether oxygens (including phenoxy) is 1. The number of anilines is 1. The van der Waals surface area contributed by atoms with Crippen molar-refractivity contribution in [1.29, 1.82) is 0 Å². The lowest BCUT2D eigenvalue weighted by Gasteiger charge is -2.04. The fraction of sp³-hybridized carbons (Fsp3) is 0.143. The molecule has 20 heavy (non-hydrogen) atoms. The van der Waals surface area contributed by atoms with Crippen LogP contribution in [0.1, 0.15) is 11.4 Å². The van der Waals surface area contributed by atoms with Crippen molar-refractivity contribution >= 4 is 22.9 Å². The van der Waals surface area contributed by atoms with Crippen molar-refractivity contribution in [2.75, 3.05) is 12.8 Å². The predicted octanol–water partition coefficient (Wildman–Crippen LogP) is 2.56. The summed E-state index contributed by atoms with van der Waals surface area (Å²) < 4.78 is 6.96. The third-order valence-electron chi connectivity index (χ3n) is 3.09. The van der Waals surface area contributed by atoms with Gasteiger partial charge in [-0.25, -0.2) is 0 Å². The number of aromatic nitrogens is 3. The maximum absolute atomic E-state index is 6.02. The minimum Gasteiger partial charge on any atom is -0.497 e. The Morgan fingerprint density at radius 1 is 1.25 bits per heavy atom. The van der Waals surface area contributed by atoms with Crippen LogP contribution in [0.2, 0.25) is 5.02 Å². The Morgan fingerprint density at radius 2 is 2.00 bits per heavy atom. The zero-order valence-electron chi connectivity index (χ0n) is 10.9. The van der Waals surface area contributed by atoms with Crippen LogP contribution in [0.3, 0.4) is 0 Å². The molecule has 5 nitrogen and oxygen atoms in total. The van der Waals surface area contributed by atoms with Gasteiger partial charge in [0.05, 0.1) is 17.8 Å². The van der Waals surface area contributed by atoms with E-state index in [0.29, 0.717) is 22.8 Å². The number of halogens is 1. The van der Waals surface area contributed by atoms with E-state index in [9.17, 15) is 0 Å². The first-order valence-electron chi connectivity index (χ1n) is 6.09. The number of rotatable bonds is 3. The van der Waals surface area contributed by atoms with Crippen LogP contribution in [0.5, 0.6) is 5.75 Å². The van der Waals surface area contributed by atoms with E-state index >= 15 is 0 Å². The fourth-order valence-corrected chi connectivity index (χ4v) is 2.29. The van der Waals surface area contributed by atoms with Gasteiger partial charge in [-0.05, 0) is 23.8 Å². The molecule has 0 amide bonds. The lowest BCUT2D eigenvalue weighted by atomic mass is 10.1. The van der Waals surface area contributed by atoms with Crippen molar-refractivity contribution in [3.63, 3.8) is 0 Å². The van der Waals surface area contributed by atoms with Gasteiger partial charge < -0.3 is 10.5 Å². The summed E-state index contributed by atoms with van der Waals surface area (Å²) in [5.41, 5.74) is 8.13. The van der Waals surface area contributed by atoms with Gasteiger partial charge in [0.1, 0.15) is 11.6 Å². The number of hydrogen-bond acceptors (Lipinski definition) is 4. The second-order valence-electron chi connectivity index (χ2n) is 4.45. The minimum absolute atomic E-state index is 0.519. The molecule has 0 aliphatic carbocycles. The second-order valence-corrected chi connectivity index (χ2v) is 4.88. The Hall–Kier alpha value is -2.27. The topological polar surface area (TPSA) is 65.4 Å². The van der Waals surface area contributed by atoms with Crippen molar-refractivity contribution in [2.45, 2.75) is 6.42 Å². The molecule has 0 spiro atoms. The summed E-state index contributed by atoms with van der Waals surface area (Å²) in [7, 11) is 1.64. The van der Waals surface area contributed by atoms with E-state index in [1.165, 1.54) is 0 Å². The molecule has 0 unspecified atom stereocenters. The van der Waals surface area contributed by atoms with Crippen LogP contribution >= 0.6 is 11.6 Å². The average molecular weight is 289 g/mol. The molecule has 0 saturated heterocycles. The summed E-state index contributed by atoms with van der Waals surface area (Å²) in [5.74, 6) is 1.62. The zero-order chi connectivity index (χ0) is 14.1. The van der Waals surface area contributed by atoms with Gasteiger partial charge in [0.25, 0.3) is 0 Å². The summed E-state index contributed by atoms with van der Waals surface area (Å²) in [4.78, 5) is 0. The number of fused-ring (bicyclic) bond motifs is 1. The fourth-order valence-electron chi connectivity index (χ4n) is 2.08. The number of hydrogen-bond donors (Lipinski definition) is 1. The highest BCUT2D eigenvalue weighted by atomic mass is 35.5. The number of nitrogens with zero attached hydrogens (tertiary/aromatic N) is 3. The molecule has 0 saturated carbocycles. The molecule has 2 N–H and O–H groups in total. The van der Waals surface area contributed by atoms with Crippen molar-refractivity contribution in [1.82, 2.24) is 14.6 Å². The Labute approximate surface area is 121 Å². The highest BCUT2D eigenvalue weighted by Gasteiger charge is 2.10. The lowest BCUT2D eigenvalue weighted by Crippen LogP contribution is -1.98. The van der Waals surface area contributed by atoms with Crippen molar-refractivity contribution < 1.29 is 4.74 Å². The predicted molar refractivity (Wildman–Crippen MR) is 78.2 cm³/mol. The first kappa shape index (κ1) is 12.7. The van der Waals surface area contributed by atoms with Crippen LogP contribution in [0.15, 0.2) is 36.5 Å². The molecule has 3 aromatic rings. The molecular formula is C14H13ClN4O. The maximum atomic E-state index is 6.02. The van der Waals surface area contributed by atoms with Gasteiger partial charge in [-0.15, -0.1) is 10.2 Å². The van der Waals surface area contributed by atoms with E-state index in [0.717, 1.165) is 17.1 Å². The zero-order valence-corrected chi connectivity index (χ0v) is 11.6. The first-order valence-corrected chi connectivity index (χ1v) is 6.47. The highest BCUT2D eigenvalue weighted by Crippen LogP contribution is 2.20. The molecule has 0 radical (unpaired) electrons. The second kappa shape index (κ2) is 5.02. The molecule has 102 valence electrons. The van der Waals surface area contributed by atoms with Crippen LogP contribution in [0.25, 0.3) is 5.65 Å². The molecule has 0 aliphatic heterocycles. The first-order chi connectivity index (χ1) is 9.67. The van der Waals surface area contributed by atoms with Crippen LogP contribution < -0.4 is 10.5 Å². The minimum atomic E-state index is 0.519. The third kappa shape index (κ3) is 2.28. The van der Waals surface area contributed by atoms with Gasteiger partial charge in [-0.3, -0.25) is 4.40 Å². The molecule has 2 heterocycles. The summed E-state index contributed by atoms with van der Waals surface area (Å²) in [6.07, 6.45) is 2.41. The van der Waals surface area contributed by atoms with E-state index in [2.05, 4.69) is 10.2 Å². The quantitative estimate of drug-likeness (QED) is 0.804. The van der Waals surface area contributed by atoms with Crippen LogP contribution in [-0.4, -0.2) is 21.7 Å². The normalized spacial score (nSPS) is 10.9. The van der Waals surface area contributed by atoms with Crippen LogP contribution in [-0.2, 0) is 6.42 Å². The molecule has 3 rings (SSSR count). The van der Waals surface area contributed by atoms with E-state index < -0.39 is 0 Å². The molecule has 1 aromatic carbocycles. The van der Waals surface area contributed by atoms with Gasteiger partial charge >= 0.3 is 0 Å². The largest absolute Gasteiger partial charge is 0.497 e. The Kier molecular flexibility index (Phi) is 3.20. The Balaban J connectivity index is 1.97. The molecule has 0 bridgehead atoms. The van der Waals surface area contributed by atoms with Crippen LogP contribution in [0, 0.1) is 0 Å². The number of nitrogens with two attached hydrogens (primary N) is 1. The summed E-state index contributed by atoms with van der Waals surface area (Å²) in [6.45, 7) is 0. The van der Waals surface area contributed by atoms with Crippen molar-refractivity contribution in [3.8, 4) is 5.75 Å². The summed E-state index contributed by atoms with van der Waals surface area (Å²) >= 11 is 6.02. The van der Waals surface area contributed by atoms with E-state index in [1.807, 2.05) is 28.7 Å². The smallest absolute Gasteiger partial charge is 0.184 e. The summed E-state index contributed by atoms with van der Waals surface area (Å²) in [5, 5.41) is 8.83. The number of benzene rings is 1. The number of nitrogen functional groups attached to an aromatic ring is 1. The molecule has 0 fully saturated rings. The average Bonchev–Trinajstić information content (AvgIpc) is 2.83. The van der Waals surface area contributed by atoms with Gasteiger partial charge in [0, 0.05) is 12.6 Å². The standard InChI is InChI=1S/C14H13ClN4O/c1-20-11-4-2-9(3-5-11)6-13-17-18-14-12(16)7-10(15)8-19(13)14/h2-5,7-8H,6,16H2,1H3. The molecule has 0 aliphatic rings. The highest BCUT2D eigenvalue weighted by molar-refractivity contribution is 6.30. The SMILES string of the molecule is COc1ccc(Cc2nnc3c(N)cc(Cl)cn23)cc1. The Morgan fingerprint density at radius 3 is 2.70 bits per heavy atom. The van der Waals surface area contributed by atoms with E-state index in [-0.39, 0.29) is 0 Å². The molecule has 6 heteroatoms. The lowest BCUT2D eigenvalue weighted by molar-refractivity contribution is 0.414. The molecule has 2 aromatic heterocycles. The van der Waals surface area contributed by atoms with E-state index in [1.54, 1.807) is 19.4 Å². The Bertz CT molecular complexity index is 752. The monoisotopic (exact) mass is 288 g/mol. The van der Waals surface area contributed by atoms with Crippen molar-refractivity contribution in [2.24, 2.45) is 0 Å². The van der Waals surface area contributed by atoms with Gasteiger partial charge in [-0.2, -0.15) is 0 Å². The van der Waals surface area contributed by atoms with Gasteiger partial charge in [0.15, 0.2) is 5.65 Å². The number of pyridine rings is 1. The third-order valence-corrected chi connectivity index (χ3v) is 3.30. The van der Waals surface area contributed by atoms with Crippen molar-refractivity contribution in [3.05, 3.63) is 52.9 Å². The van der Waals surface area contributed by atoms with Gasteiger partial charge in [-0.1, -0.05) is 23.7 Å². The summed E-state index contributed by atoms with van der Waals surface area (Å²) in [6, 6.07) is 9.49. The van der Waals surface area contributed by atoms with Gasteiger partial charge in [0.2, 0.25) is 0 Å². The molecular weight excluding hydrogens is 276 g/mol. The van der Waals surface area contributed by atoms with E-state index in [4.69, 9.17) is 22.1 Å². The number of methoxy groups -OCH3 is 1. The molecule has 0 atom stereocenters.